The Labute approximate surface area is 99.3 Å². The highest BCUT2D eigenvalue weighted by Crippen LogP contribution is 2.71. The van der Waals surface area contributed by atoms with Crippen molar-refractivity contribution in [2.24, 2.45) is 0 Å². The van der Waals surface area contributed by atoms with E-state index < -0.39 is 20.0 Å². The van der Waals surface area contributed by atoms with Crippen molar-refractivity contribution in [1.82, 2.24) is 0 Å². The van der Waals surface area contributed by atoms with Crippen LogP contribution < -0.4 is 4.74 Å². The van der Waals surface area contributed by atoms with Crippen LogP contribution in [0.15, 0.2) is 29.2 Å². The Morgan fingerprint density at radius 1 is 1.06 bits per heavy atom. The van der Waals surface area contributed by atoms with Gasteiger partial charge in [0.2, 0.25) is 0 Å². The van der Waals surface area contributed by atoms with Crippen LogP contribution in [0.25, 0.3) is 0 Å². The lowest BCUT2D eigenvalue weighted by molar-refractivity contribution is 0.211. The molecule has 0 saturated heterocycles. The Morgan fingerprint density at radius 3 is 1.81 bits per heavy atom. The van der Waals surface area contributed by atoms with Crippen LogP contribution in [0.1, 0.15) is 0 Å². The highest BCUT2D eigenvalue weighted by molar-refractivity contribution is 9.58. The van der Waals surface area contributed by atoms with E-state index in [0.29, 0.717) is 5.75 Å². The number of alkyl halides is 4. The molecule has 7 heteroatoms. The summed E-state index contributed by atoms with van der Waals surface area (Å²) in [5, 5.41) is 0. The van der Waals surface area contributed by atoms with Crippen molar-refractivity contribution in [2.75, 3.05) is 7.11 Å². The predicted octanol–water partition coefficient (Wildman–Crippen LogP) is 4.61. The minimum atomic E-state index is -3.59. The summed E-state index contributed by atoms with van der Waals surface area (Å²) in [5.74, 6) is -5.82. The fourth-order valence-electron chi connectivity index (χ4n) is 1.07. The van der Waals surface area contributed by atoms with Gasteiger partial charge in [-0.25, -0.2) is 0 Å². The lowest BCUT2D eigenvalue weighted by atomic mass is 10.3. The van der Waals surface area contributed by atoms with Gasteiger partial charge in [-0.1, -0.05) is 0 Å². The third-order valence-electron chi connectivity index (χ3n) is 1.94. The zero-order valence-corrected chi connectivity index (χ0v) is 10.6. The molecule has 1 nitrogen and oxygen atoms in total. The Morgan fingerprint density at radius 2 is 1.50 bits per heavy atom. The summed E-state index contributed by atoms with van der Waals surface area (Å²) in [6.07, 6.45) is 0. The van der Waals surface area contributed by atoms with Crippen LogP contribution in [0.2, 0.25) is 0 Å². The van der Waals surface area contributed by atoms with Gasteiger partial charge in [-0.2, -0.15) is 17.6 Å². The smallest absolute Gasteiger partial charge is 0.286 e. The van der Waals surface area contributed by atoms with E-state index in [1.54, 1.807) is 0 Å². The maximum absolute atomic E-state index is 12.7. The van der Waals surface area contributed by atoms with Gasteiger partial charge in [0, 0.05) is 4.90 Å². The molecule has 0 saturated carbocycles. The van der Waals surface area contributed by atoms with E-state index in [-0.39, 0.29) is 4.90 Å². The van der Waals surface area contributed by atoms with E-state index in [1.165, 1.54) is 31.4 Å². The summed E-state index contributed by atoms with van der Waals surface area (Å²) in [4.78, 5) is -0.0988. The van der Waals surface area contributed by atoms with Crippen LogP contribution in [-0.4, -0.2) is 18.6 Å². The van der Waals surface area contributed by atoms with Gasteiger partial charge in [-0.05, 0) is 47.5 Å². The SMILES string of the molecule is COc1ccc(S(Br)(C(F)F)C(F)F)cc1. The molecule has 16 heavy (non-hydrogen) atoms. The molecule has 1 aromatic carbocycles. The van der Waals surface area contributed by atoms with Crippen LogP contribution in [-0.2, 0) is 0 Å². The number of benzene rings is 1. The molecule has 0 aromatic heterocycles. The lowest BCUT2D eigenvalue weighted by Gasteiger charge is -2.31. The minimum absolute atomic E-state index is 0.0988. The lowest BCUT2D eigenvalue weighted by Crippen LogP contribution is -2.11. The fraction of sp³-hybridized carbons (Fsp3) is 0.333. The third-order valence-corrected chi connectivity index (χ3v) is 6.79. The molecule has 1 rings (SSSR count). The van der Waals surface area contributed by atoms with Crippen LogP contribution in [0.3, 0.4) is 0 Å². The van der Waals surface area contributed by atoms with E-state index in [0.717, 1.165) is 0 Å². The average molecular weight is 321 g/mol. The maximum atomic E-state index is 12.7. The molecule has 1 aromatic rings. The van der Waals surface area contributed by atoms with E-state index in [1.807, 2.05) is 0 Å². The molecule has 0 N–H and O–H groups in total. The van der Waals surface area contributed by atoms with E-state index in [4.69, 9.17) is 4.74 Å². The second kappa shape index (κ2) is 5.27. The molecule has 0 aliphatic carbocycles. The Hall–Kier alpha value is -0.430. The second-order valence-corrected chi connectivity index (χ2v) is 8.48. The first-order chi connectivity index (χ1) is 7.42. The summed E-state index contributed by atoms with van der Waals surface area (Å²) in [6, 6.07) is 5.20. The van der Waals surface area contributed by atoms with Crippen molar-refractivity contribution in [3.05, 3.63) is 24.3 Å². The molecule has 0 atom stereocenters. The maximum Gasteiger partial charge on any atom is 0.286 e. The Bertz CT molecular complexity index is 336. The summed E-state index contributed by atoms with van der Waals surface area (Å²) in [7, 11) is -2.18. The number of hydrogen-bond acceptors (Lipinski definition) is 1. The van der Waals surface area contributed by atoms with Gasteiger partial charge in [0.15, 0.2) is 0 Å². The molecule has 0 fully saturated rings. The Balaban J connectivity index is 3.12. The molecule has 0 aliphatic rings. The third kappa shape index (κ3) is 2.45. The van der Waals surface area contributed by atoms with Crippen molar-refractivity contribution < 1.29 is 22.3 Å². The van der Waals surface area contributed by atoms with Crippen molar-refractivity contribution in [3.8, 4) is 5.75 Å². The van der Waals surface area contributed by atoms with Gasteiger partial charge in [0.05, 0.1) is 7.11 Å². The molecule has 92 valence electrons. The van der Waals surface area contributed by atoms with Crippen molar-refractivity contribution in [3.63, 3.8) is 0 Å². The van der Waals surface area contributed by atoms with Gasteiger partial charge in [-0.15, -0.1) is 0 Å². The van der Waals surface area contributed by atoms with Gasteiger partial charge >= 0.3 is 0 Å². The molecule has 0 heterocycles. The van der Waals surface area contributed by atoms with E-state index >= 15 is 0 Å². The monoisotopic (exact) mass is 320 g/mol. The standard InChI is InChI=1S/C9H9BrF4OS/c1-15-6-2-4-7(5-3-6)16(10,8(11)12)9(13)14/h2-5,8-9H,1H3. The summed E-state index contributed by atoms with van der Waals surface area (Å²) >= 11 is 2.51. The normalized spacial score (nSPS) is 13.2. The fourth-order valence-corrected chi connectivity index (χ4v) is 2.84. The Kier molecular flexibility index (Phi) is 4.49. The van der Waals surface area contributed by atoms with Crippen LogP contribution >= 0.6 is 23.3 Å². The first kappa shape index (κ1) is 13.6. The number of hydrogen-bond donors (Lipinski definition) is 0. The topological polar surface area (TPSA) is 9.23 Å². The van der Waals surface area contributed by atoms with Crippen molar-refractivity contribution >= 4 is 23.3 Å². The zero-order chi connectivity index (χ0) is 12.3. The minimum Gasteiger partial charge on any atom is -0.497 e. The summed E-state index contributed by atoms with van der Waals surface area (Å²) in [5.41, 5.74) is 0. The van der Waals surface area contributed by atoms with Crippen LogP contribution in [0.5, 0.6) is 5.75 Å². The molecule has 0 aliphatic heterocycles. The molecule has 0 unspecified atom stereocenters. The highest BCUT2D eigenvalue weighted by atomic mass is 79.9. The van der Waals surface area contributed by atoms with Gasteiger partial charge < -0.3 is 4.74 Å². The quantitative estimate of drug-likeness (QED) is 0.736. The molecular formula is C9H9BrF4OS. The number of methoxy groups -OCH3 is 1. The number of ether oxygens (including phenoxy) is 1. The average Bonchev–Trinajstić information content (AvgIpc) is 2.27. The molecule has 0 spiro atoms. The molecule has 0 amide bonds. The van der Waals surface area contributed by atoms with E-state index in [2.05, 4.69) is 14.8 Å². The number of halogens is 5. The molecular weight excluding hydrogens is 312 g/mol. The summed E-state index contributed by atoms with van der Waals surface area (Å²) < 4.78 is 55.5. The van der Waals surface area contributed by atoms with Crippen molar-refractivity contribution in [2.45, 2.75) is 16.4 Å². The van der Waals surface area contributed by atoms with E-state index in [9.17, 15) is 17.6 Å². The first-order valence-electron chi connectivity index (χ1n) is 4.14. The van der Waals surface area contributed by atoms with Gasteiger partial charge in [-0.3, -0.25) is 0 Å². The van der Waals surface area contributed by atoms with Crippen LogP contribution in [0.4, 0.5) is 17.6 Å². The van der Waals surface area contributed by atoms with Gasteiger partial charge in [0.25, 0.3) is 11.5 Å². The van der Waals surface area contributed by atoms with Crippen molar-refractivity contribution in [1.29, 1.82) is 0 Å². The van der Waals surface area contributed by atoms with Gasteiger partial charge in [0.1, 0.15) is 5.75 Å². The highest BCUT2D eigenvalue weighted by Gasteiger charge is 2.42. The predicted molar refractivity (Wildman–Crippen MR) is 59.8 cm³/mol. The largest absolute Gasteiger partial charge is 0.497 e. The summed E-state index contributed by atoms with van der Waals surface area (Å²) in [6.45, 7) is 0. The number of rotatable bonds is 4. The van der Waals surface area contributed by atoms with Crippen LogP contribution in [0, 0.1) is 0 Å². The zero-order valence-electron chi connectivity index (χ0n) is 8.17. The second-order valence-electron chi connectivity index (χ2n) is 2.82. The molecule has 0 radical (unpaired) electrons. The molecule has 0 bridgehead atoms. The first-order valence-corrected chi connectivity index (χ1v) is 7.74.